The molecule has 0 spiro atoms. The number of carboxylic acids is 1. The second-order valence-electron chi connectivity index (χ2n) is 7.92. The first kappa shape index (κ1) is 21.6. The molecule has 0 heterocycles. The van der Waals surface area contributed by atoms with E-state index in [1.54, 1.807) is 26.8 Å². The lowest BCUT2D eigenvalue weighted by Crippen LogP contribution is -2.50. The molecule has 0 fully saturated rings. The van der Waals surface area contributed by atoms with Gasteiger partial charge < -0.3 is 19.9 Å². The lowest BCUT2D eigenvalue weighted by atomic mass is 9.98. The van der Waals surface area contributed by atoms with Crippen LogP contribution in [0.5, 0.6) is 0 Å². The summed E-state index contributed by atoms with van der Waals surface area (Å²) in [6, 6.07) is 14.8. The summed E-state index contributed by atoms with van der Waals surface area (Å²) in [6.07, 6.45) is 0.00233. The predicted octanol–water partition coefficient (Wildman–Crippen LogP) is 4.35. The minimum atomic E-state index is -1.25. The highest BCUT2D eigenvalue weighted by atomic mass is 16.6. The van der Waals surface area contributed by atoms with Crippen molar-refractivity contribution < 1.29 is 24.2 Å². The molecule has 0 aliphatic heterocycles. The molecule has 2 N–H and O–H groups in total. The molecule has 6 heteroatoms. The van der Waals surface area contributed by atoms with Crippen molar-refractivity contribution in [3.05, 3.63) is 72.3 Å². The maximum Gasteiger partial charge on any atom is 0.407 e. The Balaban J connectivity index is 1.68. The second-order valence-corrected chi connectivity index (χ2v) is 7.92. The highest BCUT2D eigenvalue weighted by molar-refractivity contribution is 5.81. The van der Waals surface area contributed by atoms with Gasteiger partial charge in [0.15, 0.2) is 6.04 Å². The number of rotatable bonds is 8. The summed E-state index contributed by atoms with van der Waals surface area (Å²) in [6.45, 7) is 8.91. The Bertz CT molecular complexity index is 907. The van der Waals surface area contributed by atoms with Crippen molar-refractivity contribution in [2.75, 3.05) is 6.61 Å². The number of hydrogen-bond donors (Lipinski definition) is 2. The highest BCUT2D eigenvalue weighted by Gasteiger charge is 2.33. The zero-order valence-corrected chi connectivity index (χ0v) is 17.4. The maximum absolute atomic E-state index is 12.4. The number of carbonyl (C=O) groups is 2. The molecule has 0 saturated carbocycles. The van der Waals surface area contributed by atoms with E-state index in [0.29, 0.717) is 0 Å². The molecule has 1 aliphatic carbocycles. The number of benzene rings is 2. The maximum atomic E-state index is 12.4. The Morgan fingerprint density at radius 3 is 2.17 bits per heavy atom. The van der Waals surface area contributed by atoms with Crippen LogP contribution < -0.4 is 5.32 Å². The molecule has 0 bridgehead atoms. The van der Waals surface area contributed by atoms with Gasteiger partial charge in [-0.3, -0.25) is 0 Å². The molecule has 1 aliphatic rings. The first-order valence-electron chi connectivity index (χ1n) is 9.89. The van der Waals surface area contributed by atoms with E-state index in [-0.39, 0.29) is 12.5 Å². The molecule has 2 atom stereocenters. The van der Waals surface area contributed by atoms with Crippen molar-refractivity contribution in [2.24, 2.45) is 0 Å². The Morgan fingerprint density at radius 1 is 1.13 bits per heavy atom. The number of carbonyl (C=O) groups excluding carboxylic acids is 1. The highest BCUT2D eigenvalue weighted by Crippen LogP contribution is 2.44. The van der Waals surface area contributed by atoms with E-state index in [1.165, 1.54) is 0 Å². The van der Waals surface area contributed by atoms with Gasteiger partial charge in [0.05, 0.1) is 11.7 Å². The number of amides is 1. The molecule has 2 aromatic carbocycles. The molecule has 1 amide bonds. The Kier molecular flexibility index (Phi) is 6.27. The van der Waals surface area contributed by atoms with Gasteiger partial charge in [0.25, 0.3) is 0 Å². The summed E-state index contributed by atoms with van der Waals surface area (Å²) in [4.78, 5) is 24.1. The molecule has 0 radical (unpaired) electrons. The summed E-state index contributed by atoms with van der Waals surface area (Å²) in [5, 5.41) is 11.9. The second kappa shape index (κ2) is 8.71. The largest absolute Gasteiger partial charge is 0.480 e. The molecular formula is C24H27NO5. The molecular weight excluding hydrogens is 382 g/mol. The van der Waals surface area contributed by atoms with Crippen LogP contribution in [-0.2, 0) is 14.3 Å². The van der Waals surface area contributed by atoms with Crippen molar-refractivity contribution in [1.82, 2.24) is 5.32 Å². The molecule has 2 aromatic rings. The van der Waals surface area contributed by atoms with Crippen molar-refractivity contribution in [2.45, 2.75) is 44.4 Å². The van der Waals surface area contributed by atoms with Gasteiger partial charge in [-0.25, -0.2) is 9.59 Å². The molecule has 158 valence electrons. The molecule has 3 rings (SSSR count). The van der Waals surface area contributed by atoms with Crippen LogP contribution >= 0.6 is 0 Å². The van der Waals surface area contributed by atoms with Crippen molar-refractivity contribution >= 4 is 12.1 Å². The number of aliphatic carboxylic acids is 1. The quantitative estimate of drug-likeness (QED) is 0.633. The molecule has 0 saturated heterocycles. The van der Waals surface area contributed by atoms with E-state index in [2.05, 4.69) is 24.0 Å². The van der Waals surface area contributed by atoms with Crippen molar-refractivity contribution in [3.8, 4) is 11.1 Å². The summed E-state index contributed by atoms with van der Waals surface area (Å²) in [5.41, 5.74) is 3.70. The van der Waals surface area contributed by atoms with Gasteiger partial charge >= 0.3 is 12.1 Å². The zero-order chi connectivity index (χ0) is 21.9. The van der Waals surface area contributed by atoms with Gasteiger partial charge in [0.1, 0.15) is 6.61 Å². The van der Waals surface area contributed by atoms with Crippen LogP contribution in [0.3, 0.4) is 0 Å². The number of nitrogens with one attached hydrogen (secondary N) is 1. The molecule has 30 heavy (non-hydrogen) atoms. The third-order valence-corrected chi connectivity index (χ3v) is 5.33. The monoisotopic (exact) mass is 409 g/mol. The van der Waals surface area contributed by atoms with Gasteiger partial charge in [-0.2, -0.15) is 0 Å². The van der Waals surface area contributed by atoms with Crippen LogP contribution in [-0.4, -0.2) is 41.5 Å². The topological polar surface area (TPSA) is 84.9 Å². The van der Waals surface area contributed by atoms with E-state index >= 15 is 0 Å². The minimum Gasteiger partial charge on any atom is -0.480 e. The number of carboxylic acid groups (broad SMARTS) is 1. The number of fused-ring (bicyclic) bond motifs is 3. The molecule has 0 aromatic heterocycles. The van der Waals surface area contributed by atoms with Gasteiger partial charge in [0.2, 0.25) is 0 Å². The van der Waals surface area contributed by atoms with Crippen LogP contribution in [0, 0.1) is 0 Å². The minimum absolute atomic E-state index is 0.0974. The predicted molar refractivity (Wildman–Crippen MR) is 114 cm³/mol. The SMILES string of the molecule is C=CC(C)(C)O[C@H](C)[C@H](NC(=O)OCC1c2ccccc2-c2ccccc21)C(=O)O. The first-order chi connectivity index (χ1) is 14.2. The summed E-state index contributed by atoms with van der Waals surface area (Å²) in [7, 11) is 0. The average Bonchev–Trinajstić information content (AvgIpc) is 3.03. The fourth-order valence-electron chi connectivity index (χ4n) is 3.74. The van der Waals surface area contributed by atoms with Crippen LogP contribution in [0.4, 0.5) is 4.79 Å². The van der Waals surface area contributed by atoms with E-state index in [9.17, 15) is 14.7 Å². The smallest absolute Gasteiger partial charge is 0.407 e. The van der Waals surface area contributed by atoms with E-state index in [4.69, 9.17) is 9.47 Å². The first-order valence-corrected chi connectivity index (χ1v) is 9.89. The third kappa shape index (κ3) is 4.54. The normalized spacial score (nSPS) is 14.9. The van der Waals surface area contributed by atoms with E-state index in [1.807, 2.05) is 36.4 Å². The van der Waals surface area contributed by atoms with Crippen LogP contribution in [0.15, 0.2) is 61.2 Å². The summed E-state index contributed by atoms with van der Waals surface area (Å²) in [5.74, 6) is -1.30. The Hall–Kier alpha value is -3.12. The summed E-state index contributed by atoms with van der Waals surface area (Å²) < 4.78 is 11.2. The Morgan fingerprint density at radius 2 is 1.67 bits per heavy atom. The van der Waals surface area contributed by atoms with Gasteiger partial charge in [-0.15, -0.1) is 6.58 Å². The number of ether oxygens (including phenoxy) is 2. The van der Waals surface area contributed by atoms with Crippen LogP contribution in [0.1, 0.15) is 37.8 Å². The van der Waals surface area contributed by atoms with Crippen LogP contribution in [0.25, 0.3) is 11.1 Å². The fraction of sp³-hybridized carbons (Fsp3) is 0.333. The molecule has 6 nitrogen and oxygen atoms in total. The van der Waals surface area contributed by atoms with Gasteiger partial charge in [0, 0.05) is 5.92 Å². The van der Waals surface area contributed by atoms with E-state index in [0.717, 1.165) is 22.3 Å². The third-order valence-electron chi connectivity index (χ3n) is 5.33. The fourth-order valence-corrected chi connectivity index (χ4v) is 3.74. The number of hydrogen-bond acceptors (Lipinski definition) is 4. The average molecular weight is 409 g/mol. The standard InChI is InChI=1S/C24H27NO5/c1-5-24(3,4)30-15(2)21(22(26)27)25-23(28)29-14-20-18-12-8-6-10-16(18)17-11-7-9-13-19(17)20/h5-13,15,20-21H,1,14H2,2-4H3,(H,25,28)(H,26,27)/t15-,21+/m1/s1. The van der Waals surface area contributed by atoms with Crippen LogP contribution in [0.2, 0.25) is 0 Å². The lowest BCUT2D eigenvalue weighted by molar-refractivity contribution is -0.146. The number of alkyl carbamates (subject to hydrolysis) is 1. The lowest BCUT2D eigenvalue weighted by Gasteiger charge is -2.29. The van der Waals surface area contributed by atoms with Gasteiger partial charge in [-0.05, 0) is 43.0 Å². The van der Waals surface area contributed by atoms with Crippen molar-refractivity contribution in [1.29, 1.82) is 0 Å². The van der Waals surface area contributed by atoms with E-state index < -0.39 is 29.8 Å². The molecule has 0 unspecified atom stereocenters. The Labute approximate surface area is 176 Å². The van der Waals surface area contributed by atoms with Crippen molar-refractivity contribution in [3.63, 3.8) is 0 Å². The summed E-state index contributed by atoms with van der Waals surface area (Å²) >= 11 is 0. The van der Waals surface area contributed by atoms with Gasteiger partial charge in [-0.1, -0.05) is 54.6 Å². The zero-order valence-electron chi connectivity index (χ0n) is 17.4.